The van der Waals surface area contributed by atoms with Crippen molar-refractivity contribution in [2.45, 2.75) is 31.7 Å². The van der Waals surface area contributed by atoms with Crippen molar-refractivity contribution in [3.05, 3.63) is 35.4 Å². The highest BCUT2D eigenvalue weighted by Gasteiger charge is 2.32. The molecule has 128 valence electrons. The molecule has 2 amide bonds. The number of methoxy groups -OCH3 is 1. The lowest BCUT2D eigenvalue weighted by Crippen LogP contribution is -2.50. The summed E-state index contributed by atoms with van der Waals surface area (Å²) in [6.07, 6.45) is 2.07. The molecule has 1 saturated carbocycles. The van der Waals surface area contributed by atoms with Gasteiger partial charge in [-0.1, -0.05) is 6.07 Å². The van der Waals surface area contributed by atoms with Crippen molar-refractivity contribution in [2.24, 2.45) is 11.7 Å². The Balaban J connectivity index is 2.14. The van der Waals surface area contributed by atoms with Gasteiger partial charge in [0.2, 0.25) is 5.91 Å². The molecule has 0 aromatic heterocycles. The van der Waals surface area contributed by atoms with Crippen molar-refractivity contribution in [1.82, 2.24) is 5.32 Å². The third-order valence-electron chi connectivity index (χ3n) is 4.13. The van der Waals surface area contributed by atoms with E-state index >= 15 is 0 Å². The van der Waals surface area contributed by atoms with E-state index in [0.717, 1.165) is 0 Å². The number of nitrogens with one attached hydrogen (secondary N) is 1. The fourth-order valence-electron chi connectivity index (χ4n) is 2.89. The molecule has 0 unspecified atom stereocenters. The molecule has 3 N–H and O–H groups in total. The smallest absolute Gasteiger partial charge is 0.337 e. The first-order valence-electron chi connectivity index (χ1n) is 7.72. The highest BCUT2D eigenvalue weighted by Crippen LogP contribution is 2.24. The van der Waals surface area contributed by atoms with Crippen LogP contribution in [0.5, 0.6) is 0 Å². The van der Waals surface area contributed by atoms with Crippen molar-refractivity contribution in [3.8, 4) is 0 Å². The van der Waals surface area contributed by atoms with Crippen LogP contribution in [0, 0.1) is 5.92 Å². The maximum Gasteiger partial charge on any atom is 0.337 e. The van der Waals surface area contributed by atoms with Crippen LogP contribution < -0.4 is 11.1 Å². The Kier molecular flexibility index (Phi) is 5.68. The lowest BCUT2D eigenvalue weighted by molar-refractivity contribution is -0.124. The van der Waals surface area contributed by atoms with Gasteiger partial charge in [-0.2, -0.15) is 0 Å². The highest BCUT2D eigenvalue weighted by atomic mass is 16.5. The van der Waals surface area contributed by atoms with Crippen LogP contribution in [0.3, 0.4) is 0 Å². The molecule has 0 radical (unpaired) electrons. The number of primary amides is 1. The van der Waals surface area contributed by atoms with Crippen molar-refractivity contribution < 1.29 is 23.9 Å². The van der Waals surface area contributed by atoms with Crippen molar-refractivity contribution in [2.75, 3.05) is 7.11 Å². The van der Waals surface area contributed by atoms with E-state index in [1.165, 1.54) is 25.3 Å². The highest BCUT2D eigenvalue weighted by molar-refractivity contribution is 6.00. The molecule has 1 aromatic rings. The molecular formula is C17H20N2O5. The maximum atomic E-state index is 12.4. The van der Waals surface area contributed by atoms with Crippen molar-refractivity contribution in [3.63, 3.8) is 0 Å². The zero-order chi connectivity index (χ0) is 17.7. The largest absolute Gasteiger partial charge is 0.465 e. The quantitative estimate of drug-likeness (QED) is 0.774. The predicted octanol–water partition coefficient (Wildman–Crippen LogP) is 0.816. The standard InChI is InChI=1S/C17H20N2O5/c1-24-17(23)12-6-2-5-11(8-12)16(22)19-14(15(18)21)10-4-3-7-13(20)9-10/h2,5-6,8,10,14H,3-4,7,9H2,1H3,(H2,18,21)(H,19,22)/t10-,14-/m1/s1. The van der Waals surface area contributed by atoms with E-state index in [1.54, 1.807) is 6.07 Å². The third-order valence-corrected chi connectivity index (χ3v) is 4.13. The summed E-state index contributed by atoms with van der Waals surface area (Å²) >= 11 is 0. The zero-order valence-electron chi connectivity index (χ0n) is 13.4. The minimum absolute atomic E-state index is 0.0689. The topological polar surface area (TPSA) is 116 Å². The lowest BCUT2D eigenvalue weighted by Gasteiger charge is -2.28. The number of esters is 1. The molecule has 7 nitrogen and oxygen atoms in total. The van der Waals surface area contributed by atoms with Gasteiger partial charge in [0, 0.05) is 18.4 Å². The Morgan fingerprint density at radius 3 is 2.62 bits per heavy atom. The molecular weight excluding hydrogens is 312 g/mol. The Labute approximate surface area is 139 Å². The summed E-state index contributed by atoms with van der Waals surface area (Å²) in [4.78, 5) is 47.2. The van der Waals surface area contributed by atoms with E-state index in [1.807, 2.05) is 0 Å². The van der Waals surface area contributed by atoms with Gasteiger partial charge in [0.05, 0.1) is 12.7 Å². The summed E-state index contributed by atoms with van der Waals surface area (Å²) in [5.41, 5.74) is 5.84. The van der Waals surface area contributed by atoms with Crippen molar-refractivity contribution in [1.29, 1.82) is 0 Å². The number of ether oxygens (including phenoxy) is 1. The molecule has 0 bridgehead atoms. The minimum atomic E-state index is -0.913. The number of nitrogens with two attached hydrogens (primary N) is 1. The molecule has 0 heterocycles. The van der Waals surface area contributed by atoms with Gasteiger partial charge in [-0.15, -0.1) is 0 Å². The maximum absolute atomic E-state index is 12.4. The Bertz CT molecular complexity index is 671. The monoisotopic (exact) mass is 332 g/mol. The molecule has 0 aliphatic heterocycles. The van der Waals surface area contributed by atoms with E-state index in [0.29, 0.717) is 19.3 Å². The number of hydrogen-bond acceptors (Lipinski definition) is 5. The van der Waals surface area contributed by atoms with Crippen LogP contribution in [0.2, 0.25) is 0 Å². The molecule has 2 rings (SSSR count). The Morgan fingerprint density at radius 1 is 1.29 bits per heavy atom. The van der Waals surface area contributed by atoms with Crippen LogP contribution in [0.4, 0.5) is 0 Å². The van der Waals surface area contributed by atoms with Crippen LogP contribution in [-0.4, -0.2) is 36.7 Å². The molecule has 24 heavy (non-hydrogen) atoms. The Hall–Kier alpha value is -2.70. The van der Waals surface area contributed by atoms with E-state index in [4.69, 9.17) is 5.73 Å². The number of carbonyl (C=O) groups is 4. The normalized spacial score (nSPS) is 18.5. The molecule has 1 aliphatic rings. The molecule has 2 atom stereocenters. The molecule has 7 heteroatoms. The summed E-state index contributed by atoms with van der Waals surface area (Å²) < 4.78 is 4.62. The molecule has 0 saturated heterocycles. The second-order valence-electron chi connectivity index (χ2n) is 5.82. The second-order valence-corrected chi connectivity index (χ2v) is 5.82. The van der Waals surface area contributed by atoms with Gasteiger partial charge >= 0.3 is 5.97 Å². The van der Waals surface area contributed by atoms with Crippen LogP contribution in [-0.2, 0) is 14.3 Å². The van der Waals surface area contributed by atoms with Gasteiger partial charge in [-0.3, -0.25) is 14.4 Å². The average Bonchev–Trinajstić information content (AvgIpc) is 2.58. The number of rotatable bonds is 5. The average molecular weight is 332 g/mol. The van der Waals surface area contributed by atoms with Crippen LogP contribution in [0.1, 0.15) is 46.4 Å². The van der Waals surface area contributed by atoms with Gasteiger partial charge in [0.25, 0.3) is 5.91 Å². The number of Topliss-reactive ketones (excluding diaryl/α,β-unsaturated/α-hetero) is 1. The Morgan fingerprint density at radius 2 is 2.00 bits per heavy atom. The van der Waals surface area contributed by atoms with Crippen LogP contribution in [0.25, 0.3) is 0 Å². The number of amides is 2. The van der Waals surface area contributed by atoms with Gasteiger partial charge in [-0.25, -0.2) is 4.79 Å². The fraction of sp³-hybridized carbons (Fsp3) is 0.412. The summed E-state index contributed by atoms with van der Waals surface area (Å²) in [6, 6.07) is 5.05. The first-order chi connectivity index (χ1) is 11.4. The second kappa shape index (κ2) is 7.72. The van der Waals surface area contributed by atoms with Crippen molar-refractivity contribution >= 4 is 23.6 Å². The predicted molar refractivity (Wildman–Crippen MR) is 85.2 cm³/mol. The first kappa shape index (κ1) is 17.7. The number of carbonyl (C=O) groups excluding carboxylic acids is 4. The lowest BCUT2D eigenvalue weighted by atomic mass is 9.82. The van der Waals surface area contributed by atoms with E-state index in [2.05, 4.69) is 10.1 Å². The molecule has 1 fully saturated rings. The number of benzene rings is 1. The summed E-state index contributed by atoms with van der Waals surface area (Å²) in [5, 5.41) is 2.59. The third kappa shape index (κ3) is 4.18. The van der Waals surface area contributed by atoms with E-state index in [-0.39, 0.29) is 29.2 Å². The van der Waals surface area contributed by atoms with Gasteiger partial charge < -0.3 is 15.8 Å². The molecule has 1 aromatic carbocycles. The number of hydrogen-bond donors (Lipinski definition) is 2. The van der Waals surface area contributed by atoms with Gasteiger partial charge in [-0.05, 0) is 37.0 Å². The number of ketones is 1. The van der Waals surface area contributed by atoms with Crippen LogP contribution in [0.15, 0.2) is 24.3 Å². The fourth-order valence-corrected chi connectivity index (χ4v) is 2.89. The summed E-state index contributed by atoms with van der Waals surface area (Å²) in [6.45, 7) is 0. The summed E-state index contributed by atoms with van der Waals surface area (Å²) in [7, 11) is 1.25. The van der Waals surface area contributed by atoms with Gasteiger partial charge in [0.15, 0.2) is 0 Å². The van der Waals surface area contributed by atoms with Crippen LogP contribution >= 0.6 is 0 Å². The molecule has 0 spiro atoms. The zero-order valence-corrected chi connectivity index (χ0v) is 13.4. The van der Waals surface area contributed by atoms with Gasteiger partial charge in [0.1, 0.15) is 11.8 Å². The summed E-state index contributed by atoms with van der Waals surface area (Å²) in [5.74, 6) is -1.99. The van der Waals surface area contributed by atoms with E-state index in [9.17, 15) is 19.2 Å². The minimum Gasteiger partial charge on any atom is -0.465 e. The SMILES string of the molecule is COC(=O)c1cccc(C(=O)N[C@@H](C(N)=O)[C@@H]2CCCC(=O)C2)c1. The first-order valence-corrected chi connectivity index (χ1v) is 7.72. The molecule has 1 aliphatic carbocycles. The van der Waals surface area contributed by atoms with E-state index < -0.39 is 23.8 Å².